The Bertz CT molecular complexity index is 4870. The molecular formula is C84H66. The summed E-state index contributed by atoms with van der Waals surface area (Å²) in [6.45, 7) is 11.8. The van der Waals surface area contributed by atoms with Crippen LogP contribution in [-0.4, -0.2) is 0 Å². The molecule has 84 heavy (non-hydrogen) atoms. The van der Waals surface area contributed by atoms with Gasteiger partial charge in [-0.15, -0.1) is 0 Å². The average molecular weight is 1080 g/mol. The summed E-state index contributed by atoms with van der Waals surface area (Å²) >= 11 is 0. The van der Waals surface area contributed by atoms with Crippen molar-refractivity contribution in [1.29, 1.82) is 0 Å². The van der Waals surface area contributed by atoms with E-state index in [1.54, 1.807) is 0 Å². The minimum Gasteiger partial charge on any atom is -0.0642 e. The summed E-state index contributed by atoms with van der Waals surface area (Å²) in [7, 11) is 0. The van der Waals surface area contributed by atoms with Crippen LogP contribution in [0.15, 0.2) is 249 Å². The van der Waals surface area contributed by atoms with Gasteiger partial charge in [-0.2, -0.15) is 0 Å². The molecule has 0 aromatic heterocycles. The molecule has 0 fully saturated rings. The number of aryl methyl sites for hydroxylation is 1. The Morgan fingerprint density at radius 2 is 0.452 bits per heavy atom. The molecule has 0 amide bonds. The Balaban J connectivity index is 0.873. The molecule has 0 heterocycles. The summed E-state index contributed by atoms with van der Waals surface area (Å²) in [5, 5.41) is 15.4. The third kappa shape index (κ3) is 7.01. The van der Waals surface area contributed by atoms with Crippen molar-refractivity contribution in [2.24, 2.45) is 0 Å². The molecule has 16 rings (SSSR count). The van der Waals surface area contributed by atoms with Crippen LogP contribution in [0.3, 0.4) is 0 Å². The van der Waals surface area contributed by atoms with Gasteiger partial charge in [0.15, 0.2) is 0 Å². The third-order valence-corrected chi connectivity index (χ3v) is 20.6. The highest BCUT2D eigenvalue weighted by Gasteiger charge is 2.42. The molecule has 0 bridgehead atoms. The summed E-state index contributed by atoms with van der Waals surface area (Å²) in [4.78, 5) is 0. The average Bonchev–Trinajstić information content (AvgIpc) is 1.42. The van der Waals surface area contributed by atoms with Crippen LogP contribution >= 0.6 is 0 Å². The smallest absolute Gasteiger partial charge is 0.0210 e. The van der Waals surface area contributed by atoms with Crippen LogP contribution in [0.4, 0.5) is 0 Å². The Morgan fingerprint density at radius 3 is 0.750 bits per heavy atom. The van der Waals surface area contributed by atoms with Crippen molar-refractivity contribution in [3.63, 3.8) is 0 Å². The van der Waals surface area contributed by atoms with Gasteiger partial charge in [0.25, 0.3) is 0 Å². The summed E-state index contributed by atoms with van der Waals surface area (Å²) in [5.41, 5.74) is 25.4. The maximum atomic E-state index is 2.60. The lowest BCUT2D eigenvalue weighted by Gasteiger charge is -2.30. The quantitative estimate of drug-likeness (QED) is 0.120. The van der Waals surface area contributed by atoms with E-state index in [1.165, 1.54) is 170 Å². The minimum atomic E-state index is -0.175. The Hall–Kier alpha value is -9.36. The van der Waals surface area contributed by atoms with E-state index in [4.69, 9.17) is 0 Å². The van der Waals surface area contributed by atoms with Crippen LogP contribution in [0.2, 0.25) is 0 Å². The van der Waals surface area contributed by atoms with E-state index in [-0.39, 0.29) is 10.8 Å². The molecule has 0 saturated heterocycles. The van der Waals surface area contributed by atoms with Gasteiger partial charge in [0.05, 0.1) is 0 Å². The molecule has 402 valence electrons. The zero-order valence-electron chi connectivity index (χ0n) is 48.7. The van der Waals surface area contributed by atoms with Crippen molar-refractivity contribution >= 4 is 64.6 Å². The maximum absolute atomic E-state index is 2.60. The van der Waals surface area contributed by atoms with Crippen molar-refractivity contribution < 1.29 is 0 Å². The fourth-order valence-electron chi connectivity index (χ4n) is 16.5. The van der Waals surface area contributed by atoms with E-state index in [9.17, 15) is 0 Å². The van der Waals surface area contributed by atoms with Gasteiger partial charge in [0.2, 0.25) is 0 Å². The zero-order chi connectivity index (χ0) is 56.4. The van der Waals surface area contributed by atoms with E-state index in [0.29, 0.717) is 0 Å². The second-order valence-electron chi connectivity index (χ2n) is 24.0. The summed E-state index contributed by atoms with van der Waals surface area (Å²) in [5.74, 6) is 0. The van der Waals surface area contributed by atoms with Crippen LogP contribution in [0.1, 0.15) is 88.1 Å². The number of hydrogen-bond donors (Lipinski definition) is 0. The van der Waals surface area contributed by atoms with E-state index >= 15 is 0 Å². The van der Waals surface area contributed by atoms with Crippen LogP contribution in [0.5, 0.6) is 0 Å². The van der Waals surface area contributed by atoms with Gasteiger partial charge in [-0.05, 0) is 221 Å². The number of benzene rings is 14. The fraction of sp³-hybridized carbons (Fsp3) is 0.143. The summed E-state index contributed by atoms with van der Waals surface area (Å²) in [6.07, 6.45) is 5.15. The van der Waals surface area contributed by atoms with E-state index in [0.717, 1.165) is 32.1 Å². The highest BCUT2D eigenvalue weighted by atomic mass is 14.5. The Morgan fingerprint density at radius 1 is 0.214 bits per heavy atom. The molecule has 2 aliphatic carbocycles. The largest absolute Gasteiger partial charge is 0.0642 e. The normalized spacial score (nSPS) is 13.7. The highest BCUT2D eigenvalue weighted by Crippen LogP contribution is 2.58. The topological polar surface area (TPSA) is 0 Å². The lowest BCUT2D eigenvalue weighted by atomic mass is 9.72. The van der Waals surface area contributed by atoms with Crippen molar-refractivity contribution in [1.82, 2.24) is 0 Å². The van der Waals surface area contributed by atoms with Gasteiger partial charge < -0.3 is 0 Å². The molecule has 0 unspecified atom stereocenters. The monoisotopic (exact) mass is 1070 g/mol. The van der Waals surface area contributed by atoms with Crippen molar-refractivity contribution in [2.75, 3.05) is 0 Å². The molecule has 14 aromatic carbocycles. The van der Waals surface area contributed by atoms with Crippen molar-refractivity contribution in [2.45, 2.75) is 77.6 Å². The van der Waals surface area contributed by atoms with Gasteiger partial charge in [-0.25, -0.2) is 0 Å². The standard InChI is InChI=1S/C84H66/c1-6-52-39-41-53(42-40-52)77-61-26-11-13-28-63(61)78(64-29-14-12-27-62(64)77)55-44-47-59-60-48-45-56(51-76(60)84(9-4,10-5)75(59)50-55)80-67-32-17-21-36-71(67)82(72-37-22-18-33-68(72)80)81-69-34-19-15-30-65(69)79(66-31-16-20-35-70(66)81)54-43-46-58-57-25-23-24-38-73(57)83(7-2,8-3)74(58)49-54/h11-51H,6-10H2,1-5H3. The maximum Gasteiger partial charge on any atom is 0.0210 e. The predicted molar refractivity (Wildman–Crippen MR) is 362 cm³/mol. The van der Waals surface area contributed by atoms with E-state index < -0.39 is 0 Å². The Kier molecular flexibility index (Phi) is 11.6. The van der Waals surface area contributed by atoms with Gasteiger partial charge in [-0.3, -0.25) is 0 Å². The van der Waals surface area contributed by atoms with E-state index in [1.807, 2.05) is 0 Å². The Labute approximate surface area is 493 Å². The van der Waals surface area contributed by atoms with Crippen LogP contribution in [0.25, 0.3) is 143 Å². The van der Waals surface area contributed by atoms with E-state index in [2.05, 4.69) is 283 Å². The molecule has 0 nitrogen and oxygen atoms in total. The lowest BCUT2D eigenvalue weighted by molar-refractivity contribution is 0.490. The molecule has 0 N–H and O–H groups in total. The van der Waals surface area contributed by atoms with Crippen LogP contribution in [0, 0.1) is 0 Å². The first-order chi connectivity index (χ1) is 41.4. The lowest BCUT2D eigenvalue weighted by Crippen LogP contribution is -2.23. The van der Waals surface area contributed by atoms with Crippen LogP contribution < -0.4 is 0 Å². The first-order valence-electron chi connectivity index (χ1n) is 30.9. The number of rotatable bonds is 10. The van der Waals surface area contributed by atoms with Crippen molar-refractivity contribution in [3.05, 3.63) is 277 Å². The molecular weight excluding hydrogens is 1010 g/mol. The molecule has 0 aliphatic heterocycles. The predicted octanol–water partition coefficient (Wildman–Crippen LogP) is 23.7. The minimum absolute atomic E-state index is 0.0186. The molecule has 14 aromatic rings. The van der Waals surface area contributed by atoms with Crippen molar-refractivity contribution in [3.8, 4) is 77.9 Å². The van der Waals surface area contributed by atoms with Gasteiger partial charge in [-0.1, -0.05) is 265 Å². The molecule has 0 atom stereocenters. The SMILES string of the molecule is CCc1ccc(-c2c3ccccc3c(-c3ccc4c(c3)C(CC)(CC)c3cc(-c5c6ccccc6c(-c6c7ccccc7c(-c7ccc8c(c7)C(CC)(CC)c7ccccc7-8)c7ccccc67)c6ccccc56)ccc3-4)c3ccccc23)cc1. The molecule has 0 heteroatoms. The molecule has 0 radical (unpaired) electrons. The summed E-state index contributed by atoms with van der Waals surface area (Å²) < 4.78 is 0. The number of fused-ring (bicyclic) bond motifs is 12. The van der Waals surface area contributed by atoms with Gasteiger partial charge in [0.1, 0.15) is 0 Å². The molecule has 0 saturated carbocycles. The molecule has 0 spiro atoms. The number of hydrogen-bond acceptors (Lipinski definition) is 0. The second-order valence-corrected chi connectivity index (χ2v) is 24.0. The highest BCUT2D eigenvalue weighted by molar-refractivity contribution is 6.30. The first-order valence-corrected chi connectivity index (χ1v) is 30.9. The van der Waals surface area contributed by atoms with Gasteiger partial charge >= 0.3 is 0 Å². The second kappa shape index (κ2) is 19.4. The molecule has 2 aliphatic rings. The summed E-state index contributed by atoms with van der Waals surface area (Å²) in [6, 6.07) is 95.9. The van der Waals surface area contributed by atoms with Crippen LogP contribution in [-0.2, 0) is 17.3 Å². The third-order valence-electron chi connectivity index (χ3n) is 20.6. The van der Waals surface area contributed by atoms with Gasteiger partial charge in [0, 0.05) is 10.8 Å². The fourth-order valence-corrected chi connectivity index (χ4v) is 16.5. The first kappa shape index (κ1) is 50.4. The zero-order valence-corrected chi connectivity index (χ0v) is 48.7.